The van der Waals surface area contributed by atoms with Crippen LogP contribution in [0.15, 0.2) is 48.5 Å². The number of nitrogens with one attached hydrogen (secondary N) is 1. The van der Waals surface area contributed by atoms with Crippen LogP contribution >= 0.6 is 11.6 Å². The summed E-state index contributed by atoms with van der Waals surface area (Å²) in [5.41, 5.74) is 2.91. The Morgan fingerprint density at radius 2 is 1.85 bits per heavy atom. The van der Waals surface area contributed by atoms with Gasteiger partial charge in [0.05, 0.1) is 29.6 Å². The molecule has 4 aromatic rings. The molecule has 2 aromatic heterocycles. The molecule has 0 unspecified atom stereocenters. The van der Waals surface area contributed by atoms with Crippen LogP contribution < -0.4 is 5.32 Å². The van der Waals surface area contributed by atoms with E-state index in [1.807, 2.05) is 60.1 Å². The number of hydrogen-bond acceptors (Lipinski definition) is 3. The predicted octanol–water partition coefficient (Wildman–Crippen LogP) is 3.28. The van der Waals surface area contributed by atoms with Crippen molar-refractivity contribution >= 4 is 39.4 Å². The van der Waals surface area contributed by atoms with E-state index in [-0.39, 0.29) is 5.91 Å². The third-order valence-electron chi connectivity index (χ3n) is 4.49. The zero-order valence-electron chi connectivity index (χ0n) is 14.3. The van der Waals surface area contributed by atoms with Gasteiger partial charge in [-0.05, 0) is 24.3 Å². The molecule has 2 heterocycles. The van der Waals surface area contributed by atoms with E-state index in [1.54, 1.807) is 4.68 Å². The Bertz CT molecular complexity index is 1100. The van der Waals surface area contributed by atoms with Crippen molar-refractivity contribution in [3.8, 4) is 0 Å². The minimum atomic E-state index is -0.0484. The maximum atomic E-state index is 12.2. The lowest BCUT2D eigenvalue weighted by atomic mass is 10.2. The molecule has 0 aliphatic heterocycles. The first-order valence-electron chi connectivity index (χ1n) is 8.41. The van der Waals surface area contributed by atoms with E-state index in [0.29, 0.717) is 24.7 Å². The molecule has 0 atom stereocenters. The summed E-state index contributed by atoms with van der Waals surface area (Å²) in [6, 6.07) is 15.6. The number of fused-ring (bicyclic) bond motifs is 2. The molecule has 0 aliphatic carbocycles. The van der Waals surface area contributed by atoms with Crippen LogP contribution in [0.1, 0.15) is 12.2 Å². The average Bonchev–Trinajstić information content (AvgIpc) is 3.16. The largest absolute Gasteiger partial charge is 0.349 e. The highest BCUT2D eigenvalue weighted by atomic mass is 35.5. The number of rotatable bonds is 5. The number of halogens is 1. The Labute approximate surface area is 155 Å². The molecule has 7 heteroatoms. The number of imidazole rings is 1. The van der Waals surface area contributed by atoms with Gasteiger partial charge in [0.1, 0.15) is 5.82 Å². The van der Waals surface area contributed by atoms with Crippen molar-refractivity contribution in [2.45, 2.75) is 19.5 Å². The summed E-state index contributed by atoms with van der Waals surface area (Å²) >= 11 is 6.15. The van der Waals surface area contributed by atoms with E-state index in [9.17, 15) is 4.79 Å². The van der Waals surface area contributed by atoms with Crippen LogP contribution in [-0.4, -0.2) is 25.2 Å². The van der Waals surface area contributed by atoms with E-state index in [2.05, 4.69) is 15.4 Å². The number of aromatic nitrogens is 4. The second kappa shape index (κ2) is 6.80. The molecule has 0 bridgehead atoms. The molecule has 0 fully saturated rings. The van der Waals surface area contributed by atoms with Crippen LogP contribution in [0.3, 0.4) is 0 Å². The molecule has 6 nitrogen and oxygen atoms in total. The SMILES string of the molecule is Cn1c(CNC(=O)CCn2nc(Cl)c3ccccc32)nc2ccccc21. The molecule has 4 rings (SSSR count). The number of aryl methyl sites for hydroxylation is 2. The molecule has 0 spiro atoms. The third kappa shape index (κ3) is 3.04. The lowest BCUT2D eigenvalue weighted by Gasteiger charge is -2.06. The molecular formula is C19H18ClN5O. The fourth-order valence-corrected chi connectivity index (χ4v) is 3.34. The second-order valence-corrected chi connectivity index (χ2v) is 6.49. The summed E-state index contributed by atoms with van der Waals surface area (Å²) < 4.78 is 3.77. The number of carbonyl (C=O) groups excluding carboxylic acids is 1. The molecular weight excluding hydrogens is 350 g/mol. The van der Waals surface area contributed by atoms with Gasteiger partial charge in [-0.25, -0.2) is 4.98 Å². The maximum absolute atomic E-state index is 12.2. The van der Waals surface area contributed by atoms with E-state index >= 15 is 0 Å². The summed E-state index contributed by atoms with van der Waals surface area (Å²) in [6.45, 7) is 0.867. The number of amides is 1. The number of nitrogens with zero attached hydrogens (tertiary/aromatic N) is 4. The Hall–Kier alpha value is -2.86. The van der Waals surface area contributed by atoms with Gasteiger partial charge in [0.25, 0.3) is 0 Å². The van der Waals surface area contributed by atoms with Gasteiger partial charge in [-0.3, -0.25) is 9.48 Å². The second-order valence-electron chi connectivity index (χ2n) is 6.13. The quantitative estimate of drug-likeness (QED) is 0.588. The summed E-state index contributed by atoms with van der Waals surface area (Å²) in [5, 5.41) is 8.59. The molecule has 0 aliphatic rings. The predicted molar refractivity (Wildman–Crippen MR) is 102 cm³/mol. The van der Waals surface area contributed by atoms with Crippen molar-refractivity contribution in [2.75, 3.05) is 0 Å². The zero-order valence-corrected chi connectivity index (χ0v) is 15.1. The first-order chi connectivity index (χ1) is 12.6. The van der Waals surface area contributed by atoms with Gasteiger partial charge in [0, 0.05) is 18.9 Å². The minimum absolute atomic E-state index is 0.0484. The van der Waals surface area contributed by atoms with Crippen LogP contribution in [0.5, 0.6) is 0 Å². The summed E-state index contributed by atoms with van der Waals surface area (Å²) in [7, 11) is 1.95. The smallest absolute Gasteiger partial charge is 0.222 e. The summed E-state index contributed by atoms with van der Waals surface area (Å²) in [5.74, 6) is 0.778. The molecule has 26 heavy (non-hydrogen) atoms. The van der Waals surface area contributed by atoms with E-state index in [0.717, 1.165) is 27.8 Å². The highest BCUT2D eigenvalue weighted by molar-refractivity contribution is 6.34. The molecule has 0 saturated heterocycles. The van der Waals surface area contributed by atoms with Gasteiger partial charge in [0.2, 0.25) is 5.91 Å². The van der Waals surface area contributed by atoms with Gasteiger partial charge in [-0.2, -0.15) is 5.10 Å². The van der Waals surface area contributed by atoms with Crippen molar-refractivity contribution in [1.29, 1.82) is 0 Å². The molecule has 1 N–H and O–H groups in total. The lowest BCUT2D eigenvalue weighted by Crippen LogP contribution is -2.25. The summed E-state index contributed by atoms with van der Waals surface area (Å²) in [6.07, 6.45) is 0.325. The number of hydrogen-bond donors (Lipinski definition) is 1. The van der Waals surface area contributed by atoms with E-state index < -0.39 is 0 Å². The van der Waals surface area contributed by atoms with E-state index in [4.69, 9.17) is 11.6 Å². The normalized spacial score (nSPS) is 11.3. The van der Waals surface area contributed by atoms with Crippen LogP contribution in [0, 0.1) is 0 Å². The zero-order chi connectivity index (χ0) is 18.1. The average molecular weight is 368 g/mol. The van der Waals surface area contributed by atoms with Crippen LogP contribution in [0.25, 0.3) is 21.9 Å². The fraction of sp³-hybridized carbons (Fsp3) is 0.211. The summed E-state index contributed by atoms with van der Waals surface area (Å²) in [4.78, 5) is 16.8. The molecule has 132 valence electrons. The van der Waals surface area contributed by atoms with Gasteiger partial charge in [-0.15, -0.1) is 0 Å². The van der Waals surface area contributed by atoms with Gasteiger partial charge in [-0.1, -0.05) is 35.9 Å². The molecule has 2 aromatic carbocycles. The van der Waals surface area contributed by atoms with Crippen molar-refractivity contribution in [2.24, 2.45) is 7.05 Å². The Morgan fingerprint density at radius 1 is 1.12 bits per heavy atom. The third-order valence-corrected chi connectivity index (χ3v) is 4.77. The van der Waals surface area contributed by atoms with Gasteiger partial charge >= 0.3 is 0 Å². The highest BCUT2D eigenvalue weighted by Gasteiger charge is 2.11. The lowest BCUT2D eigenvalue weighted by molar-refractivity contribution is -0.121. The molecule has 1 amide bonds. The number of benzene rings is 2. The fourth-order valence-electron chi connectivity index (χ4n) is 3.08. The van der Waals surface area contributed by atoms with Crippen LogP contribution in [0.2, 0.25) is 5.15 Å². The van der Waals surface area contributed by atoms with Crippen molar-refractivity contribution in [3.63, 3.8) is 0 Å². The van der Waals surface area contributed by atoms with Crippen molar-refractivity contribution in [3.05, 3.63) is 59.5 Å². The highest BCUT2D eigenvalue weighted by Crippen LogP contribution is 2.22. The van der Waals surface area contributed by atoms with Gasteiger partial charge < -0.3 is 9.88 Å². The van der Waals surface area contributed by atoms with Gasteiger partial charge in [0.15, 0.2) is 5.15 Å². The Kier molecular flexibility index (Phi) is 4.34. The maximum Gasteiger partial charge on any atom is 0.222 e. The minimum Gasteiger partial charge on any atom is -0.349 e. The number of para-hydroxylation sites is 3. The van der Waals surface area contributed by atoms with Crippen LogP contribution in [0.4, 0.5) is 0 Å². The first-order valence-corrected chi connectivity index (χ1v) is 8.79. The molecule has 0 radical (unpaired) electrons. The first kappa shape index (κ1) is 16.6. The Morgan fingerprint density at radius 3 is 2.65 bits per heavy atom. The number of carbonyl (C=O) groups is 1. The van der Waals surface area contributed by atoms with Crippen LogP contribution in [-0.2, 0) is 24.9 Å². The van der Waals surface area contributed by atoms with E-state index in [1.165, 1.54) is 0 Å². The standard InChI is InChI=1S/C19H18ClN5O/c1-24-16-9-5-3-7-14(16)22-17(24)12-21-18(26)10-11-25-15-8-4-2-6-13(15)19(20)23-25/h2-9H,10-12H2,1H3,(H,21,26). The van der Waals surface area contributed by atoms with Crippen molar-refractivity contribution in [1.82, 2.24) is 24.6 Å². The monoisotopic (exact) mass is 367 g/mol. The molecule has 0 saturated carbocycles. The Balaban J connectivity index is 1.40. The van der Waals surface area contributed by atoms with Crippen molar-refractivity contribution < 1.29 is 4.79 Å². The topological polar surface area (TPSA) is 64.7 Å².